The van der Waals surface area contributed by atoms with Gasteiger partial charge in [0.15, 0.2) is 5.75 Å². The predicted molar refractivity (Wildman–Crippen MR) is 206 cm³/mol. The van der Waals surface area contributed by atoms with E-state index in [1.807, 2.05) is 0 Å². The van der Waals surface area contributed by atoms with Gasteiger partial charge in [-0.15, -0.1) is 15.3 Å². The van der Waals surface area contributed by atoms with Crippen LogP contribution < -0.4 is 5.73 Å². The van der Waals surface area contributed by atoms with Gasteiger partial charge in [-0.3, -0.25) is 13.7 Å². The number of nitrogens with two attached hydrogens (primary N) is 1. The number of azo groups is 3. The third-order valence-electron chi connectivity index (χ3n) is 7.84. The Labute approximate surface area is 345 Å². The van der Waals surface area contributed by atoms with Crippen molar-refractivity contribution in [3.05, 3.63) is 103 Å². The van der Waals surface area contributed by atoms with Crippen LogP contribution >= 0.6 is 0 Å². The molecular formula is C34H25N7NaO12S3. The Morgan fingerprint density at radius 2 is 0.930 bits per heavy atom. The first-order valence-corrected chi connectivity index (χ1v) is 19.7. The van der Waals surface area contributed by atoms with Crippen molar-refractivity contribution in [1.82, 2.24) is 0 Å². The van der Waals surface area contributed by atoms with E-state index in [9.17, 15) is 54.2 Å². The van der Waals surface area contributed by atoms with E-state index >= 15 is 0 Å². The molecule has 0 fully saturated rings. The molecule has 1 radical (unpaired) electrons. The molecular weight excluding hydrogens is 818 g/mol. The van der Waals surface area contributed by atoms with E-state index in [1.165, 1.54) is 24.3 Å². The standard InChI is InChI=1S/C34H25N7O12S3.Na/c35-31-30-20(16-29(56(51,52)53)33(34(30)44)41-38-23-9-12-25(13-10-23)54(45,46)47)15-28(55(48,49)50)32(31)40-37-22-7-3-19(4-8-22)18-1-5-21(6-2-18)36-39-26-14-11-24(42)17-27(26)43;/h1-17,42-44H,35H2,(H,45,46,47)(H,48,49,50)(H,51,52,53);. The van der Waals surface area contributed by atoms with Gasteiger partial charge in [0.25, 0.3) is 30.4 Å². The van der Waals surface area contributed by atoms with Gasteiger partial charge in [-0.1, -0.05) is 24.3 Å². The van der Waals surface area contributed by atoms with Crippen molar-refractivity contribution < 1.29 is 54.2 Å². The largest absolute Gasteiger partial charge is 0.508 e. The zero-order valence-corrected chi connectivity index (χ0v) is 33.4. The normalized spacial score (nSPS) is 12.5. The summed E-state index contributed by atoms with van der Waals surface area (Å²) in [6, 6.07) is 22.7. The summed E-state index contributed by atoms with van der Waals surface area (Å²) in [4.78, 5) is -2.44. The molecule has 0 heterocycles. The topological polar surface area (TPSA) is 324 Å². The molecule has 19 nitrogen and oxygen atoms in total. The zero-order chi connectivity index (χ0) is 40.6. The maximum absolute atomic E-state index is 12.5. The number of aromatic hydroxyl groups is 3. The van der Waals surface area contributed by atoms with Gasteiger partial charge in [0, 0.05) is 35.6 Å². The van der Waals surface area contributed by atoms with E-state index < -0.39 is 73.2 Å². The molecule has 0 atom stereocenters. The maximum Gasteiger partial charge on any atom is 0.296 e. The number of anilines is 1. The van der Waals surface area contributed by atoms with Gasteiger partial charge in [0.1, 0.15) is 38.4 Å². The molecule has 8 N–H and O–H groups in total. The van der Waals surface area contributed by atoms with E-state index in [0.717, 1.165) is 53.6 Å². The van der Waals surface area contributed by atoms with Crippen LogP contribution in [0.1, 0.15) is 0 Å². The Balaban J connectivity index is 0.00000620. The summed E-state index contributed by atoms with van der Waals surface area (Å²) in [7, 11) is -14.8. The van der Waals surface area contributed by atoms with Crippen molar-refractivity contribution in [2.45, 2.75) is 14.7 Å². The van der Waals surface area contributed by atoms with Crippen molar-refractivity contribution >= 4 is 110 Å². The minimum absolute atomic E-state index is 0. The van der Waals surface area contributed by atoms with Crippen LogP contribution in [0.4, 0.5) is 39.8 Å². The van der Waals surface area contributed by atoms with Crippen molar-refractivity contribution in [2.24, 2.45) is 30.7 Å². The molecule has 6 rings (SSSR count). The molecule has 6 aromatic carbocycles. The van der Waals surface area contributed by atoms with Crippen LogP contribution in [-0.2, 0) is 30.4 Å². The maximum atomic E-state index is 12.5. The SMILES string of the molecule is Nc1c(N=Nc2ccc(-c3ccc(N=Nc4ccc(O)cc4O)cc3)cc2)c(S(=O)(=O)O)cc2cc(S(=O)(=O)O)c(N=Nc3ccc(S(=O)(=O)O)cc3)c(O)c12.[Na]. The van der Waals surface area contributed by atoms with Crippen molar-refractivity contribution in [3.63, 3.8) is 0 Å². The number of hydrogen-bond acceptors (Lipinski definition) is 16. The van der Waals surface area contributed by atoms with Crippen LogP contribution in [0.2, 0.25) is 0 Å². The van der Waals surface area contributed by atoms with Crippen LogP contribution in [-0.4, -0.2) is 83.8 Å². The van der Waals surface area contributed by atoms with Crippen LogP contribution in [0.15, 0.2) is 149 Å². The molecule has 0 aliphatic rings. The Morgan fingerprint density at radius 3 is 1.39 bits per heavy atom. The van der Waals surface area contributed by atoms with Gasteiger partial charge in [-0.2, -0.15) is 40.6 Å². The monoisotopic (exact) mass is 842 g/mol. The molecule has 0 spiro atoms. The van der Waals surface area contributed by atoms with Crippen LogP contribution in [0.25, 0.3) is 21.9 Å². The molecule has 0 aromatic heterocycles. The third kappa shape index (κ3) is 9.65. The van der Waals surface area contributed by atoms with E-state index in [1.54, 1.807) is 36.4 Å². The predicted octanol–water partition coefficient (Wildman–Crippen LogP) is 7.81. The molecule has 0 saturated carbocycles. The fraction of sp³-hybridized carbons (Fsp3) is 0. The number of phenols is 3. The number of hydrogen-bond donors (Lipinski definition) is 7. The van der Waals surface area contributed by atoms with E-state index in [0.29, 0.717) is 5.69 Å². The Kier molecular flexibility index (Phi) is 12.2. The average Bonchev–Trinajstić information content (AvgIpc) is 3.13. The van der Waals surface area contributed by atoms with Gasteiger partial charge >= 0.3 is 0 Å². The first-order valence-electron chi connectivity index (χ1n) is 15.4. The first-order chi connectivity index (χ1) is 26.3. The smallest absolute Gasteiger partial charge is 0.296 e. The van der Waals surface area contributed by atoms with Gasteiger partial charge in [-0.05, 0) is 89.3 Å². The summed E-state index contributed by atoms with van der Waals surface area (Å²) < 4.78 is 101. The summed E-state index contributed by atoms with van der Waals surface area (Å²) in [6.07, 6.45) is 0. The van der Waals surface area contributed by atoms with Crippen LogP contribution in [0, 0.1) is 0 Å². The fourth-order valence-corrected chi connectivity index (χ4v) is 6.96. The molecule has 23 heteroatoms. The first kappa shape index (κ1) is 42.5. The molecule has 0 bridgehead atoms. The fourth-order valence-electron chi connectivity index (χ4n) is 5.15. The molecule has 0 unspecified atom stereocenters. The van der Waals surface area contributed by atoms with E-state index in [-0.39, 0.29) is 63.5 Å². The summed E-state index contributed by atoms with van der Waals surface area (Å²) >= 11 is 0. The quantitative estimate of drug-likeness (QED) is 0.0300. The summed E-state index contributed by atoms with van der Waals surface area (Å²) in [5.41, 5.74) is 6.39. The molecule has 0 saturated heterocycles. The van der Waals surface area contributed by atoms with Crippen molar-refractivity contribution in [1.29, 1.82) is 0 Å². The zero-order valence-electron chi connectivity index (χ0n) is 28.9. The molecule has 57 heavy (non-hydrogen) atoms. The second-order valence-corrected chi connectivity index (χ2v) is 15.8. The number of nitrogens with zero attached hydrogens (tertiary/aromatic N) is 6. The molecule has 0 aliphatic carbocycles. The minimum Gasteiger partial charge on any atom is -0.508 e. The van der Waals surface area contributed by atoms with Crippen LogP contribution in [0.3, 0.4) is 0 Å². The van der Waals surface area contributed by atoms with Gasteiger partial charge in [-0.25, -0.2) is 0 Å². The van der Waals surface area contributed by atoms with Crippen molar-refractivity contribution in [3.8, 4) is 28.4 Å². The molecule has 6 aromatic rings. The summed E-state index contributed by atoms with van der Waals surface area (Å²) in [5.74, 6) is -1.37. The Hall–Kier alpha value is -5.69. The Bertz CT molecular complexity index is 2970. The van der Waals surface area contributed by atoms with E-state index in [2.05, 4.69) is 30.7 Å². The number of nitrogen functional groups attached to an aromatic ring is 1. The summed E-state index contributed by atoms with van der Waals surface area (Å²) in [6.45, 7) is 0. The molecule has 287 valence electrons. The Morgan fingerprint density at radius 1 is 0.491 bits per heavy atom. The molecule has 0 aliphatic heterocycles. The molecule has 0 amide bonds. The third-order valence-corrected chi connectivity index (χ3v) is 10.4. The number of phenolic OH excluding ortho intramolecular Hbond substituents is 3. The van der Waals surface area contributed by atoms with Crippen molar-refractivity contribution in [2.75, 3.05) is 5.73 Å². The number of rotatable bonds is 10. The van der Waals surface area contributed by atoms with E-state index in [4.69, 9.17) is 5.73 Å². The second kappa shape index (κ2) is 16.4. The van der Waals surface area contributed by atoms with Gasteiger partial charge in [0.05, 0.1) is 33.0 Å². The summed E-state index contributed by atoms with van der Waals surface area (Å²) in [5, 5.41) is 53.2. The van der Waals surface area contributed by atoms with Gasteiger partial charge in [0.2, 0.25) is 0 Å². The average molecular weight is 843 g/mol. The minimum atomic E-state index is -5.18. The second-order valence-electron chi connectivity index (χ2n) is 11.6. The van der Waals surface area contributed by atoms with Gasteiger partial charge < -0.3 is 21.1 Å². The van der Waals surface area contributed by atoms with Crippen LogP contribution in [0.5, 0.6) is 17.2 Å². The number of benzene rings is 6. The number of fused-ring (bicyclic) bond motifs is 1.